The molecular formula is C25H41N3O4. The zero-order valence-corrected chi connectivity index (χ0v) is 21.5. The van der Waals surface area contributed by atoms with E-state index in [4.69, 9.17) is 4.74 Å². The van der Waals surface area contributed by atoms with Crippen molar-refractivity contribution in [2.45, 2.75) is 105 Å². The number of nitrogens with zero attached hydrogens (tertiary/aromatic N) is 1. The molecule has 32 heavy (non-hydrogen) atoms. The number of benzene rings is 1. The lowest BCUT2D eigenvalue weighted by atomic mass is 9.93. The number of nitrogens with one attached hydrogen (secondary N) is 2. The number of alkyl carbamates (subject to hydrolysis) is 1. The minimum Gasteiger partial charge on any atom is -0.444 e. The highest BCUT2D eigenvalue weighted by molar-refractivity contribution is 5.92. The standard InChI is InChI=1S/C25H41N3O4/c1-15(2)26-21(29)20(19-13-12-16(3)17(4)14-19)28(24(6,7)8)22(30)18(5)27-23(31)32-25(9,10)11/h12-15,18,20H,1-11H3,(H,26,29)(H,27,31). The summed E-state index contributed by atoms with van der Waals surface area (Å²) in [5, 5.41) is 5.56. The molecule has 0 saturated heterocycles. The van der Waals surface area contributed by atoms with E-state index < -0.39 is 29.3 Å². The molecular weight excluding hydrogens is 406 g/mol. The van der Waals surface area contributed by atoms with Crippen molar-refractivity contribution in [3.63, 3.8) is 0 Å². The van der Waals surface area contributed by atoms with Crippen molar-refractivity contribution in [1.82, 2.24) is 15.5 Å². The van der Waals surface area contributed by atoms with Crippen molar-refractivity contribution in [3.05, 3.63) is 34.9 Å². The third kappa shape index (κ3) is 7.84. The van der Waals surface area contributed by atoms with Crippen molar-refractivity contribution in [1.29, 1.82) is 0 Å². The van der Waals surface area contributed by atoms with Crippen LogP contribution in [0.25, 0.3) is 0 Å². The van der Waals surface area contributed by atoms with Gasteiger partial charge < -0.3 is 20.3 Å². The van der Waals surface area contributed by atoms with E-state index >= 15 is 0 Å². The van der Waals surface area contributed by atoms with Crippen LogP contribution in [0.2, 0.25) is 0 Å². The van der Waals surface area contributed by atoms with Gasteiger partial charge >= 0.3 is 6.09 Å². The highest BCUT2D eigenvalue weighted by Gasteiger charge is 2.41. The van der Waals surface area contributed by atoms with E-state index in [0.29, 0.717) is 0 Å². The summed E-state index contributed by atoms with van der Waals surface area (Å²) in [6.45, 7) is 20.2. The molecule has 0 aliphatic rings. The van der Waals surface area contributed by atoms with Crippen LogP contribution in [0.4, 0.5) is 4.79 Å². The van der Waals surface area contributed by atoms with E-state index in [-0.39, 0.29) is 17.9 Å². The minimum absolute atomic E-state index is 0.0919. The maximum absolute atomic E-state index is 13.6. The van der Waals surface area contributed by atoms with Crippen LogP contribution in [-0.2, 0) is 14.3 Å². The molecule has 0 bridgehead atoms. The summed E-state index contributed by atoms with van der Waals surface area (Å²) < 4.78 is 5.30. The van der Waals surface area contributed by atoms with Crippen molar-refractivity contribution in [2.24, 2.45) is 0 Å². The molecule has 0 aromatic heterocycles. The lowest BCUT2D eigenvalue weighted by molar-refractivity contribution is -0.148. The Morgan fingerprint density at radius 2 is 1.47 bits per heavy atom. The van der Waals surface area contributed by atoms with Gasteiger partial charge in [-0.15, -0.1) is 0 Å². The number of hydrogen-bond acceptors (Lipinski definition) is 4. The van der Waals surface area contributed by atoms with Gasteiger partial charge in [-0.3, -0.25) is 9.59 Å². The van der Waals surface area contributed by atoms with Gasteiger partial charge in [0.2, 0.25) is 11.8 Å². The monoisotopic (exact) mass is 447 g/mol. The molecule has 0 heterocycles. The second-order valence-electron chi connectivity index (χ2n) is 10.7. The largest absolute Gasteiger partial charge is 0.444 e. The Morgan fingerprint density at radius 1 is 0.906 bits per heavy atom. The molecule has 0 saturated carbocycles. The summed E-state index contributed by atoms with van der Waals surface area (Å²) in [4.78, 5) is 40.8. The number of aryl methyl sites for hydroxylation is 2. The van der Waals surface area contributed by atoms with Gasteiger partial charge in [0.1, 0.15) is 17.7 Å². The van der Waals surface area contributed by atoms with Crippen molar-refractivity contribution >= 4 is 17.9 Å². The second-order valence-corrected chi connectivity index (χ2v) is 10.7. The normalized spacial score (nSPS) is 13.9. The average molecular weight is 448 g/mol. The maximum Gasteiger partial charge on any atom is 0.408 e. The zero-order chi connectivity index (χ0) is 25.0. The Kier molecular flexibility index (Phi) is 8.90. The molecule has 2 atom stereocenters. The molecule has 7 heteroatoms. The number of ether oxygens (including phenoxy) is 1. The molecule has 2 unspecified atom stereocenters. The van der Waals surface area contributed by atoms with Gasteiger partial charge in [0.25, 0.3) is 0 Å². The highest BCUT2D eigenvalue weighted by Crippen LogP contribution is 2.31. The van der Waals surface area contributed by atoms with E-state index in [1.165, 1.54) is 0 Å². The first kappa shape index (κ1) is 27.5. The van der Waals surface area contributed by atoms with Crippen molar-refractivity contribution < 1.29 is 19.1 Å². The Labute approximate surface area is 193 Å². The average Bonchev–Trinajstić information content (AvgIpc) is 2.57. The molecule has 1 aromatic carbocycles. The van der Waals surface area contributed by atoms with E-state index in [1.807, 2.05) is 66.7 Å². The number of rotatable bonds is 6. The number of amides is 3. The van der Waals surface area contributed by atoms with E-state index in [2.05, 4.69) is 10.6 Å². The number of carbonyl (C=O) groups excluding carboxylic acids is 3. The van der Waals surface area contributed by atoms with Crippen LogP contribution < -0.4 is 10.6 Å². The number of hydrogen-bond donors (Lipinski definition) is 2. The van der Waals surface area contributed by atoms with Crippen LogP contribution in [0, 0.1) is 13.8 Å². The number of carbonyl (C=O) groups is 3. The van der Waals surface area contributed by atoms with Gasteiger partial charge in [-0.25, -0.2) is 4.79 Å². The third-order valence-corrected chi connectivity index (χ3v) is 4.85. The molecule has 0 aliphatic carbocycles. The summed E-state index contributed by atoms with van der Waals surface area (Å²) >= 11 is 0. The van der Waals surface area contributed by atoms with Crippen LogP contribution in [0.5, 0.6) is 0 Å². The van der Waals surface area contributed by atoms with E-state index in [9.17, 15) is 14.4 Å². The first-order valence-corrected chi connectivity index (χ1v) is 11.1. The van der Waals surface area contributed by atoms with Gasteiger partial charge in [-0.05, 0) is 92.9 Å². The van der Waals surface area contributed by atoms with E-state index in [0.717, 1.165) is 16.7 Å². The first-order valence-electron chi connectivity index (χ1n) is 11.1. The fourth-order valence-electron chi connectivity index (χ4n) is 3.32. The second kappa shape index (κ2) is 10.4. The Bertz CT molecular complexity index is 835. The molecule has 0 fully saturated rings. The molecule has 3 amide bonds. The van der Waals surface area contributed by atoms with Crippen LogP contribution in [0.3, 0.4) is 0 Å². The zero-order valence-electron chi connectivity index (χ0n) is 21.5. The minimum atomic E-state index is -0.884. The third-order valence-electron chi connectivity index (χ3n) is 4.85. The Hall–Kier alpha value is -2.57. The predicted molar refractivity (Wildman–Crippen MR) is 127 cm³/mol. The lowest BCUT2D eigenvalue weighted by Gasteiger charge is -2.43. The van der Waals surface area contributed by atoms with Crippen LogP contribution in [-0.4, -0.2) is 46.0 Å². The molecule has 7 nitrogen and oxygen atoms in total. The Balaban J connectivity index is 3.43. The SMILES string of the molecule is Cc1ccc(C(C(=O)NC(C)C)N(C(=O)C(C)NC(=O)OC(C)(C)C)C(C)(C)C)cc1C. The summed E-state index contributed by atoms with van der Waals surface area (Å²) in [6, 6.07) is 3.94. The smallest absolute Gasteiger partial charge is 0.408 e. The van der Waals surface area contributed by atoms with Crippen molar-refractivity contribution in [2.75, 3.05) is 0 Å². The molecule has 180 valence electrons. The van der Waals surface area contributed by atoms with Gasteiger partial charge in [0, 0.05) is 11.6 Å². The van der Waals surface area contributed by atoms with Gasteiger partial charge in [0.15, 0.2) is 0 Å². The summed E-state index contributed by atoms with van der Waals surface area (Å²) in [7, 11) is 0. The van der Waals surface area contributed by atoms with Crippen LogP contribution in [0.15, 0.2) is 18.2 Å². The fraction of sp³-hybridized carbons (Fsp3) is 0.640. The van der Waals surface area contributed by atoms with Gasteiger partial charge in [-0.2, -0.15) is 0 Å². The maximum atomic E-state index is 13.6. The molecule has 0 aliphatic heterocycles. The molecule has 1 aromatic rings. The summed E-state index contributed by atoms with van der Waals surface area (Å²) in [5.41, 5.74) is 1.48. The van der Waals surface area contributed by atoms with Gasteiger partial charge in [0.05, 0.1) is 0 Å². The quantitative estimate of drug-likeness (QED) is 0.676. The summed E-state index contributed by atoms with van der Waals surface area (Å²) in [6.07, 6.45) is -0.679. The highest BCUT2D eigenvalue weighted by atomic mass is 16.6. The van der Waals surface area contributed by atoms with Crippen LogP contribution >= 0.6 is 0 Å². The van der Waals surface area contributed by atoms with Crippen molar-refractivity contribution in [3.8, 4) is 0 Å². The van der Waals surface area contributed by atoms with E-state index in [1.54, 1.807) is 32.6 Å². The predicted octanol–water partition coefficient (Wildman–Crippen LogP) is 4.41. The fourth-order valence-corrected chi connectivity index (χ4v) is 3.32. The first-order chi connectivity index (χ1) is 14.4. The molecule has 1 rings (SSSR count). The summed E-state index contributed by atoms with van der Waals surface area (Å²) in [5.74, 6) is -0.638. The Morgan fingerprint density at radius 3 is 1.91 bits per heavy atom. The van der Waals surface area contributed by atoms with Crippen LogP contribution in [0.1, 0.15) is 85.0 Å². The topological polar surface area (TPSA) is 87.7 Å². The molecule has 0 spiro atoms. The lowest BCUT2D eigenvalue weighted by Crippen LogP contribution is -2.58. The molecule has 2 N–H and O–H groups in total. The molecule has 0 radical (unpaired) electrons. The van der Waals surface area contributed by atoms with Gasteiger partial charge in [-0.1, -0.05) is 18.2 Å².